The van der Waals surface area contributed by atoms with Crippen molar-refractivity contribution in [1.82, 2.24) is 0 Å². The van der Waals surface area contributed by atoms with Crippen molar-refractivity contribution in [3.63, 3.8) is 0 Å². The first-order chi connectivity index (χ1) is 32.4. The zero-order valence-corrected chi connectivity index (χ0v) is 45.2. The van der Waals surface area contributed by atoms with Crippen LogP contribution in [0.5, 0.6) is 0 Å². The Morgan fingerprint density at radius 2 is 0.500 bits per heavy atom. The Bertz CT molecular complexity index is 996. The Morgan fingerprint density at radius 3 is 0.742 bits per heavy atom. The summed E-state index contributed by atoms with van der Waals surface area (Å²) >= 11 is 0. The van der Waals surface area contributed by atoms with E-state index in [1.165, 1.54) is 238 Å². The zero-order valence-electron chi connectivity index (χ0n) is 45.2. The van der Waals surface area contributed by atoms with Crippen molar-refractivity contribution < 1.29 is 28.6 Å². The molecule has 0 amide bonds. The van der Waals surface area contributed by atoms with Gasteiger partial charge in [0.05, 0.1) is 0 Å². The summed E-state index contributed by atoms with van der Waals surface area (Å²) < 4.78 is 16.9. The fraction of sp³-hybridized carbons (Fsp3) is 0.950. The zero-order chi connectivity index (χ0) is 48.1. The van der Waals surface area contributed by atoms with E-state index >= 15 is 0 Å². The molecular formula is C60H116O6. The Balaban J connectivity index is 4.29. The van der Waals surface area contributed by atoms with E-state index in [2.05, 4.69) is 27.7 Å². The van der Waals surface area contributed by atoms with Gasteiger partial charge in [0.1, 0.15) is 13.2 Å². The molecule has 0 saturated carbocycles. The van der Waals surface area contributed by atoms with Crippen LogP contribution in [0.3, 0.4) is 0 Å². The number of carbonyl (C=O) groups excluding carboxylic acids is 3. The van der Waals surface area contributed by atoms with Gasteiger partial charge in [-0.1, -0.05) is 304 Å². The highest BCUT2D eigenvalue weighted by atomic mass is 16.6. The molecule has 0 bridgehead atoms. The van der Waals surface area contributed by atoms with Gasteiger partial charge in [-0.2, -0.15) is 0 Å². The van der Waals surface area contributed by atoms with E-state index in [1.54, 1.807) is 0 Å². The minimum absolute atomic E-state index is 0.0616. The van der Waals surface area contributed by atoms with Crippen LogP contribution in [0.2, 0.25) is 0 Å². The van der Waals surface area contributed by atoms with Crippen LogP contribution >= 0.6 is 0 Å². The van der Waals surface area contributed by atoms with E-state index in [0.717, 1.165) is 63.7 Å². The van der Waals surface area contributed by atoms with Crippen LogP contribution in [0.1, 0.15) is 342 Å². The summed E-state index contributed by atoms with van der Waals surface area (Å²) in [6, 6.07) is 0. The van der Waals surface area contributed by atoms with Gasteiger partial charge < -0.3 is 14.2 Å². The highest BCUT2D eigenvalue weighted by Gasteiger charge is 2.19. The maximum Gasteiger partial charge on any atom is 0.306 e. The molecule has 0 aliphatic rings. The van der Waals surface area contributed by atoms with Crippen molar-refractivity contribution in [2.24, 2.45) is 5.92 Å². The molecule has 0 rings (SSSR count). The van der Waals surface area contributed by atoms with E-state index in [1.807, 2.05) is 0 Å². The monoisotopic (exact) mass is 933 g/mol. The van der Waals surface area contributed by atoms with Crippen LogP contribution < -0.4 is 0 Å². The van der Waals surface area contributed by atoms with E-state index in [4.69, 9.17) is 14.2 Å². The van der Waals surface area contributed by atoms with E-state index in [9.17, 15) is 14.4 Å². The number of rotatable bonds is 55. The smallest absolute Gasteiger partial charge is 0.306 e. The summed E-state index contributed by atoms with van der Waals surface area (Å²) in [5, 5.41) is 0. The first kappa shape index (κ1) is 64.4. The molecule has 0 aromatic carbocycles. The standard InChI is InChI=1S/C60H116O6/c1-5-7-9-11-13-15-17-19-21-22-23-29-33-37-41-45-49-53-60(63)66-57(54-64-58(61)51-47-43-39-35-31-27-20-18-16-14-12-10-8-6-2)55-65-59(62)52-48-44-40-36-32-28-25-24-26-30-34-38-42-46-50-56(3)4/h56-57H,5-55H2,1-4H3/t57-/m0/s1. The van der Waals surface area contributed by atoms with E-state index in [-0.39, 0.29) is 31.1 Å². The molecule has 0 fully saturated rings. The summed E-state index contributed by atoms with van der Waals surface area (Å²) in [6.07, 6.45) is 59.5. The van der Waals surface area contributed by atoms with Gasteiger partial charge in [-0.05, 0) is 25.2 Å². The highest BCUT2D eigenvalue weighted by molar-refractivity contribution is 5.71. The quantitative estimate of drug-likeness (QED) is 0.0343. The fourth-order valence-corrected chi connectivity index (χ4v) is 9.28. The van der Waals surface area contributed by atoms with Gasteiger partial charge in [-0.25, -0.2) is 0 Å². The number of esters is 3. The topological polar surface area (TPSA) is 78.9 Å². The molecular weight excluding hydrogens is 817 g/mol. The van der Waals surface area contributed by atoms with Crippen molar-refractivity contribution in [3.05, 3.63) is 0 Å². The molecule has 0 N–H and O–H groups in total. The third-order valence-corrected chi connectivity index (χ3v) is 13.8. The van der Waals surface area contributed by atoms with Crippen molar-refractivity contribution in [1.29, 1.82) is 0 Å². The minimum Gasteiger partial charge on any atom is -0.462 e. The van der Waals surface area contributed by atoms with Gasteiger partial charge >= 0.3 is 17.9 Å². The molecule has 0 heterocycles. The highest BCUT2D eigenvalue weighted by Crippen LogP contribution is 2.18. The molecule has 6 nitrogen and oxygen atoms in total. The van der Waals surface area contributed by atoms with Crippen LogP contribution in [-0.4, -0.2) is 37.2 Å². The first-order valence-corrected chi connectivity index (χ1v) is 29.9. The molecule has 6 heteroatoms. The van der Waals surface area contributed by atoms with Gasteiger partial charge in [0, 0.05) is 19.3 Å². The van der Waals surface area contributed by atoms with Gasteiger partial charge in [0.2, 0.25) is 0 Å². The molecule has 0 aliphatic heterocycles. The molecule has 66 heavy (non-hydrogen) atoms. The summed E-state index contributed by atoms with van der Waals surface area (Å²) in [5.41, 5.74) is 0. The third kappa shape index (κ3) is 53.4. The average Bonchev–Trinajstić information content (AvgIpc) is 3.30. The minimum atomic E-state index is -0.762. The Labute approximate surface area is 412 Å². The van der Waals surface area contributed by atoms with Gasteiger partial charge in [0.25, 0.3) is 0 Å². The lowest BCUT2D eigenvalue weighted by molar-refractivity contribution is -0.167. The van der Waals surface area contributed by atoms with Crippen LogP contribution in [-0.2, 0) is 28.6 Å². The molecule has 1 atom stereocenters. The summed E-state index contributed by atoms with van der Waals surface area (Å²) in [6.45, 7) is 9.08. The number of unbranched alkanes of at least 4 members (excludes halogenated alkanes) is 42. The lowest BCUT2D eigenvalue weighted by Crippen LogP contribution is -2.30. The summed E-state index contributed by atoms with van der Waals surface area (Å²) in [7, 11) is 0. The van der Waals surface area contributed by atoms with Crippen molar-refractivity contribution in [2.45, 2.75) is 348 Å². The normalized spacial score (nSPS) is 12.0. The van der Waals surface area contributed by atoms with Crippen LogP contribution in [0, 0.1) is 5.92 Å². The molecule has 0 aliphatic carbocycles. The Kier molecular flexibility index (Phi) is 53.0. The summed E-state index contributed by atoms with van der Waals surface area (Å²) in [4.78, 5) is 38.2. The van der Waals surface area contributed by atoms with E-state index in [0.29, 0.717) is 19.3 Å². The van der Waals surface area contributed by atoms with Crippen LogP contribution in [0.25, 0.3) is 0 Å². The molecule has 0 aromatic rings. The second-order valence-electron chi connectivity index (χ2n) is 21.1. The van der Waals surface area contributed by atoms with Gasteiger partial charge in [0.15, 0.2) is 6.10 Å². The second kappa shape index (κ2) is 54.4. The number of ether oxygens (including phenoxy) is 3. The Hall–Kier alpha value is -1.59. The average molecular weight is 934 g/mol. The number of hydrogen-bond donors (Lipinski definition) is 0. The third-order valence-electron chi connectivity index (χ3n) is 13.8. The van der Waals surface area contributed by atoms with E-state index < -0.39 is 6.10 Å². The largest absolute Gasteiger partial charge is 0.462 e. The molecule has 0 aromatic heterocycles. The van der Waals surface area contributed by atoms with Crippen molar-refractivity contribution in [2.75, 3.05) is 13.2 Å². The predicted octanol–water partition coefficient (Wildman–Crippen LogP) is 19.8. The molecule has 392 valence electrons. The van der Waals surface area contributed by atoms with Gasteiger partial charge in [-0.15, -0.1) is 0 Å². The van der Waals surface area contributed by atoms with Gasteiger partial charge in [-0.3, -0.25) is 14.4 Å². The van der Waals surface area contributed by atoms with Crippen LogP contribution in [0.15, 0.2) is 0 Å². The predicted molar refractivity (Wildman–Crippen MR) is 284 cm³/mol. The number of hydrogen-bond acceptors (Lipinski definition) is 6. The Morgan fingerprint density at radius 1 is 0.288 bits per heavy atom. The maximum absolute atomic E-state index is 12.9. The molecule has 0 radical (unpaired) electrons. The SMILES string of the molecule is CCCCCCCCCCCCCCCCCCCC(=O)O[C@@H](COC(=O)CCCCCCCCCCCCCCCC)COC(=O)CCCCCCCCCCCCCCCCC(C)C. The maximum atomic E-state index is 12.9. The van der Waals surface area contributed by atoms with Crippen molar-refractivity contribution >= 4 is 17.9 Å². The summed E-state index contributed by atoms with van der Waals surface area (Å²) in [5.74, 6) is 0.0127. The second-order valence-corrected chi connectivity index (χ2v) is 21.1. The fourth-order valence-electron chi connectivity index (χ4n) is 9.28. The molecule has 0 unspecified atom stereocenters. The lowest BCUT2D eigenvalue weighted by Gasteiger charge is -2.18. The molecule has 0 spiro atoms. The molecule has 0 saturated heterocycles. The first-order valence-electron chi connectivity index (χ1n) is 29.9. The number of carbonyl (C=O) groups is 3. The van der Waals surface area contributed by atoms with Crippen molar-refractivity contribution in [3.8, 4) is 0 Å². The van der Waals surface area contributed by atoms with Crippen LogP contribution in [0.4, 0.5) is 0 Å². The lowest BCUT2D eigenvalue weighted by atomic mass is 10.0.